The molecule has 1 aromatic rings. The van der Waals surface area contributed by atoms with E-state index >= 15 is 0 Å². The molecule has 0 saturated heterocycles. The minimum atomic E-state index is -0.639. The molecular formula is C19H23N3O2. The standard InChI is InChI=1S/C19H23N3O2/c20-14-19(9-1-2-10-19)21-18(24)13-22-11-7-16(8-12-22)15-3-5-17(23)6-4-15/h3-7,23H,1-2,8-13H2,(H,21,24). The first-order valence-corrected chi connectivity index (χ1v) is 8.53. The second kappa shape index (κ2) is 7.06. The van der Waals surface area contributed by atoms with Crippen LogP contribution >= 0.6 is 0 Å². The predicted octanol–water partition coefficient (Wildman–Crippen LogP) is 2.43. The lowest BCUT2D eigenvalue weighted by molar-refractivity contribution is -0.123. The number of phenols is 1. The average Bonchev–Trinajstić information content (AvgIpc) is 3.05. The van der Waals surface area contributed by atoms with E-state index in [4.69, 9.17) is 0 Å². The maximum atomic E-state index is 12.3. The number of aromatic hydroxyl groups is 1. The SMILES string of the molecule is N#CC1(NC(=O)CN2CC=C(c3ccc(O)cc3)CC2)CCCC1. The quantitative estimate of drug-likeness (QED) is 0.891. The van der Waals surface area contributed by atoms with Crippen LogP contribution in [0.4, 0.5) is 0 Å². The van der Waals surface area contributed by atoms with Crippen LogP contribution in [-0.4, -0.2) is 41.1 Å². The number of nitrogens with zero attached hydrogens (tertiary/aromatic N) is 2. The van der Waals surface area contributed by atoms with Gasteiger partial charge in [0.05, 0.1) is 12.6 Å². The molecule has 24 heavy (non-hydrogen) atoms. The molecule has 0 unspecified atom stereocenters. The first-order chi connectivity index (χ1) is 11.6. The van der Waals surface area contributed by atoms with Gasteiger partial charge in [-0.1, -0.05) is 18.2 Å². The van der Waals surface area contributed by atoms with Crippen molar-refractivity contribution in [1.82, 2.24) is 10.2 Å². The van der Waals surface area contributed by atoms with Crippen LogP contribution in [-0.2, 0) is 4.79 Å². The molecule has 0 bridgehead atoms. The zero-order valence-electron chi connectivity index (χ0n) is 13.8. The molecule has 1 aromatic carbocycles. The Balaban J connectivity index is 1.54. The molecule has 2 N–H and O–H groups in total. The van der Waals surface area contributed by atoms with Crippen molar-refractivity contribution in [1.29, 1.82) is 5.26 Å². The summed E-state index contributed by atoms with van der Waals surface area (Å²) < 4.78 is 0. The third-order valence-electron chi connectivity index (χ3n) is 4.95. The highest BCUT2D eigenvalue weighted by Gasteiger charge is 2.35. The van der Waals surface area contributed by atoms with Crippen LogP contribution in [0.25, 0.3) is 5.57 Å². The van der Waals surface area contributed by atoms with E-state index in [0.29, 0.717) is 6.54 Å². The predicted molar refractivity (Wildman–Crippen MR) is 92.1 cm³/mol. The summed E-state index contributed by atoms with van der Waals surface area (Å²) in [4.78, 5) is 14.4. The summed E-state index contributed by atoms with van der Waals surface area (Å²) >= 11 is 0. The minimum absolute atomic E-state index is 0.0556. The lowest BCUT2D eigenvalue weighted by atomic mass is 9.99. The number of hydrogen-bond acceptors (Lipinski definition) is 4. The number of amides is 1. The number of carbonyl (C=O) groups excluding carboxylic acids is 1. The summed E-state index contributed by atoms with van der Waals surface area (Å²) in [5, 5.41) is 21.7. The summed E-state index contributed by atoms with van der Waals surface area (Å²) in [6.45, 7) is 1.88. The van der Waals surface area contributed by atoms with E-state index in [0.717, 1.165) is 50.8 Å². The van der Waals surface area contributed by atoms with Gasteiger partial charge in [0, 0.05) is 13.1 Å². The van der Waals surface area contributed by atoms with Crippen LogP contribution in [0, 0.1) is 11.3 Å². The van der Waals surface area contributed by atoms with Crippen molar-refractivity contribution in [2.75, 3.05) is 19.6 Å². The van der Waals surface area contributed by atoms with Gasteiger partial charge in [-0.15, -0.1) is 0 Å². The van der Waals surface area contributed by atoms with Crippen LogP contribution in [0.3, 0.4) is 0 Å². The first kappa shape index (κ1) is 16.5. The van der Waals surface area contributed by atoms with Gasteiger partial charge >= 0.3 is 0 Å². The Labute approximate surface area is 142 Å². The van der Waals surface area contributed by atoms with E-state index in [1.165, 1.54) is 5.57 Å². The molecule has 1 fully saturated rings. The summed E-state index contributed by atoms with van der Waals surface area (Å²) in [7, 11) is 0. The van der Waals surface area contributed by atoms with Crippen LogP contribution in [0.2, 0.25) is 0 Å². The van der Waals surface area contributed by atoms with Gasteiger partial charge < -0.3 is 10.4 Å². The van der Waals surface area contributed by atoms with Gasteiger partial charge in [0.25, 0.3) is 0 Å². The molecule has 5 heteroatoms. The summed E-state index contributed by atoms with van der Waals surface area (Å²) in [5.74, 6) is 0.215. The minimum Gasteiger partial charge on any atom is -0.508 e. The van der Waals surface area contributed by atoms with Crippen LogP contribution < -0.4 is 5.32 Å². The highest BCUT2D eigenvalue weighted by atomic mass is 16.3. The van der Waals surface area contributed by atoms with Crippen LogP contribution in [0.15, 0.2) is 30.3 Å². The van der Waals surface area contributed by atoms with Gasteiger partial charge in [-0.25, -0.2) is 0 Å². The summed E-state index contributed by atoms with van der Waals surface area (Å²) in [6, 6.07) is 9.52. The van der Waals surface area contributed by atoms with Gasteiger partial charge in [-0.2, -0.15) is 5.26 Å². The van der Waals surface area contributed by atoms with E-state index in [9.17, 15) is 15.2 Å². The van der Waals surface area contributed by atoms with E-state index in [1.54, 1.807) is 12.1 Å². The second-order valence-corrected chi connectivity index (χ2v) is 6.71. The maximum Gasteiger partial charge on any atom is 0.235 e. The normalized spacial score (nSPS) is 20.2. The van der Waals surface area contributed by atoms with E-state index in [2.05, 4.69) is 22.4 Å². The fraction of sp³-hybridized carbons (Fsp3) is 0.474. The molecule has 2 aliphatic rings. The van der Waals surface area contributed by atoms with Crippen LogP contribution in [0.5, 0.6) is 5.75 Å². The van der Waals surface area contributed by atoms with Crippen molar-refractivity contribution < 1.29 is 9.90 Å². The van der Waals surface area contributed by atoms with Gasteiger partial charge in [-0.3, -0.25) is 9.69 Å². The molecule has 0 spiro atoms. The zero-order chi connectivity index (χ0) is 17.0. The molecule has 1 aliphatic heterocycles. The third kappa shape index (κ3) is 3.77. The largest absolute Gasteiger partial charge is 0.508 e. The fourth-order valence-electron chi connectivity index (χ4n) is 3.55. The number of nitriles is 1. The molecule has 3 rings (SSSR count). The number of benzene rings is 1. The highest BCUT2D eigenvalue weighted by molar-refractivity contribution is 5.79. The molecule has 0 aromatic heterocycles. The van der Waals surface area contributed by atoms with E-state index < -0.39 is 5.54 Å². The van der Waals surface area contributed by atoms with Gasteiger partial charge in [0.2, 0.25) is 5.91 Å². The Bertz CT molecular complexity index is 667. The molecular weight excluding hydrogens is 302 g/mol. The van der Waals surface area contributed by atoms with E-state index in [-0.39, 0.29) is 11.7 Å². The maximum absolute atomic E-state index is 12.3. The molecule has 1 heterocycles. The van der Waals surface area contributed by atoms with Gasteiger partial charge in [-0.05, 0) is 55.4 Å². The smallest absolute Gasteiger partial charge is 0.235 e. The fourth-order valence-corrected chi connectivity index (χ4v) is 3.55. The molecule has 5 nitrogen and oxygen atoms in total. The third-order valence-corrected chi connectivity index (χ3v) is 4.95. The molecule has 1 amide bonds. The number of rotatable bonds is 4. The molecule has 126 valence electrons. The second-order valence-electron chi connectivity index (χ2n) is 6.71. The van der Waals surface area contributed by atoms with Crippen molar-refractivity contribution in [2.24, 2.45) is 0 Å². The number of phenolic OH excluding ortho intramolecular Hbond substituents is 1. The Kier molecular flexibility index (Phi) is 4.86. The Morgan fingerprint density at radius 3 is 2.58 bits per heavy atom. The van der Waals surface area contributed by atoms with Crippen molar-refractivity contribution in [3.63, 3.8) is 0 Å². The Hall–Kier alpha value is -2.32. The van der Waals surface area contributed by atoms with Crippen LogP contribution in [0.1, 0.15) is 37.7 Å². The topological polar surface area (TPSA) is 76.4 Å². The molecule has 1 aliphatic carbocycles. The van der Waals surface area contributed by atoms with Crippen molar-refractivity contribution in [3.8, 4) is 11.8 Å². The van der Waals surface area contributed by atoms with Crippen molar-refractivity contribution in [2.45, 2.75) is 37.6 Å². The average molecular weight is 325 g/mol. The lowest BCUT2D eigenvalue weighted by Gasteiger charge is -2.28. The van der Waals surface area contributed by atoms with Crippen molar-refractivity contribution >= 4 is 11.5 Å². The Morgan fingerprint density at radius 2 is 2.00 bits per heavy atom. The molecule has 0 atom stereocenters. The van der Waals surface area contributed by atoms with Gasteiger partial charge in [0.15, 0.2) is 0 Å². The zero-order valence-corrected chi connectivity index (χ0v) is 13.8. The van der Waals surface area contributed by atoms with E-state index in [1.807, 2.05) is 12.1 Å². The lowest BCUT2D eigenvalue weighted by Crippen LogP contribution is -2.49. The monoisotopic (exact) mass is 325 g/mol. The summed E-state index contributed by atoms with van der Waals surface area (Å²) in [6.07, 6.45) is 6.56. The number of nitrogens with one attached hydrogen (secondary N) is 1. The van der Waals surface area contributed by atoms with Crippen molar-refractivity contribution in [3.05, 3.63) is 35.9 Å². The first-order valence-electron chi connectivity index (χ1n) is 8.53. The number of carbonyl (C=O) groups is 1. The Morgan fingerprint density at radius 1 is 1.29 bits per heavy atom. The number of hydrogen-bond donors (Lipinski definition) is 2. The highest BCUT2D eigenvalue weighted by Crippen LogP contribution is 2.29. The summed E-state index contributed by atoms with van der Waals surface area (Å²) in [5.41, 5.74) is 1.72. The molecule has 1 saturated carbocycles. The molecule has 0 radical (unpaired) electrons. The van der Waals surface area contributed by atoms with Gasteiger partial charge in [0.1, 0.15) is 11.3 Å².